The molecule has 0 bridgehead atoms. The van der Waals surface area contributed by atoms with E-state index in [0.717, 1.165) is 0 Å². The van der Waals surface area contributed by atoms with Gasteiger partial charge in [-0.25, -0.2) is 4.98 Å². The quantitative estimate of drug-likeness (QED) is 0.387. The minimum atomic E-state index is -0.941. The molecular formula is C20H15N3O5S. The summed E-state index contributed by atoms with van der Waals surface area (Å²) in [5.41, 5.74) is 0.752. The Morgan fingerprint density at radius 2 is 1.93 bits per heavy atom. The molecule has 2 N–H and O–H groups in total. The number of aromatic nitrogens is 2. The number of carbonyl (C=O) groups is 2. The highest BCUT2D eigenvalue weighted by atomic mass is 32.1. The number of thiazole rings is 1. The Morgan fingerprint density at radius 1 is 1.17 bits per heavy atom. The van der Waals surface area contributed by atoms with Crippen molar-refractivity contribution in [3.05, 3.63) is 71.0 Å². The number of aliphatic hydroxyl groups is 1. The molecule has 8 nitrogen and oxygen atoms in total. The van der Waals surface area contributed by atoms with Crippen LogP contribution in [0.5, 0.6) is 11.5 Å². The van der Waals surface area contributed by atoms with E-state index in [0.29, 0.717) is 16.3 Å². The van der Waals surface area contributed by atoms with Crippen LogP contribution >= 0.6 is 11.3 Å². The summed E-state index contributed by atoms with van der Waals surface area (Å²) >= 11 is 1.19. The molecule has 3 heterocycles. The van der Waals surface area contributed by atoms with Gasteiger partial charge in [-0.15, -0.1) is 11.3 Å². The average molecular weight is 409 g/mol. The molecule has 0 spiro atoms. The predicted molar refractivity (Wildman–Crippen MR) is 106 cm³/mol. The summed E-state index contributed by atoms with van der Waals surface area (Å²) in [6.45, 7) is 0. The number of Topliss-reactive ketones (excluding diaryl/α,β-unsaturated/α-hetero) is 1. The van der Waals surface area contributed by atoms with E-state index in [-0.39, 0.29) is 22.8 Å². The van der Waals surface area contributed by atoms with E-state index in [9.17, 15) is 19.8 Å². The highest BCUT2D eigenvalue weighted by Crippen LogP contribution is 2.44. The fourth-order valence-electron chi connectivity index (χ4n) is 3.21. The first-order chi connectivity index (χ1) is 14.0. The maximum atomic E-state index is 12.9. The topological polar surface area (TPSA) is 113 Å². The van der Waals surface area contributed by atoms with Crippen molar-refractivity contribution < 1.29 is 24.5 Å². The Labute approximate surface area is 169 Å². The third-order valence-electron chi connectivity index (χ3n) is 4.54. The predicted octanol–water partition coefficient (Wildman–Crippen LogP) is 2.88. The van der Waals surface area contributed by atoms with Gasteiger partial charge in [0.25, 0.3) is 5.78 Å². The van der Waals surface area contributed by atoms with Crippen molar-refractivity contribution in [2.75, 3.05) is 12.0 Å². The standard InChI is InChI=1S/C20H15N3O5S/c1-28-14-10-12(2-3-13(14)24)16-15(17(25)11-4-6-21-7-5-11)18(26)19(27)23(16)20-22-8-9-29-20/h2-10,16,24-25H,1H3. The molecule has 1 aliphatic rings. The number of nitrogens with zero attached hydrogens (tertiary/aromatic N) is 3. The first-order valence-corrected chi connectivity index (χ1v) is 9.38. The lowest BCUT2D eigenvalue weighted by molar-refractivity contribution is -0.132. The zero-order chi connectivity index (χ0) is 20.5. The number of phenolic OH excluding ortho intramolecular Hbond substituents is 1. The first-order valence-electron chi connectivity index (χ1n) is 8.50. The maximum Gasteiger partial charge on any atom is 0.301 e. The zero-order valence-electron chi connectivity index (χ0n) is 15.1. The van der Waals surface area contributed by atoms with Crippen LogP contribution in [0.3, 0.4) is 0 Å². The fourth-order valence-corrected chi connectivity index (χ4v) is 3.88. The van der Waals surface area contributed by atoms with Crippen LogP contribution in [0.15, 0.2) is 59.9 Å². The van der Waals surface area contributed by atoms with Gasteiger partial charge in [0.15, 0.2) is 16.6 Å². The maximum absolute atomic E-state index is 12.9. The van der Waals surface area contributed by atoms with E-state index in [1.54, 1.807) is 23.6 Å². The summed E-state index contributed by atoms with van der Waals surface area (Å²) in [5.74, 6) is -1.85. The normalized spacial score (nSPS) is 18.2. The van der Waals surface area contributed by atoms with E-state index in [1.165, 1.54) is 54.1 Å². The average Bonchev–Trinajstić information content (AvgIpc) is 3.36. The second-order valence-electron chi connectivity index (χ2n) is 6.15. The Bertz CT molecular complexity index is 1110. The van der Waals surface area contributed by atoms with Crippen LogP contribution in [0.4, 0.5) is 5.13 Å². The summed E-state index contributed by atoms with van der Waals surface area (Å²) in [6, 6.07) is 6.63. The number of benzene rings is 1. The molecule has 3 aromatic rings. The number of aliphatic hydroxyl groups excluding tert-OH is 1. The number of ether oxygens (including phenoxy) is 1. The third kappa shape index (κ3) is 3.11. The van der Waals surface area contributed by atoms with Crippen molar-refractivity contribution in [1.29, 1.82) is 0 Å². The van der Waals surface area contributed by atoms with Gasteiger partial charge in [-0.2, -0.15) is 0 Å². The van der Waals surface area contributed by atoms with Crippen molar-refractivity contribution >= 4 is 33.9 Å². The Hall–Kier alpha value is -3.72. The van der Waals surface area contributed by atoms with E-state index in [2.05, 4.69) is 9.97 Å². The van der Waals surface area contributed by atoms with Crippen LogP contribution in [0.25, 0.3) is 5.76 Å². The lowest BCUT2D eigenvalue weighted by Gasteiger charge is -2.23. The minimum Gasteiger partial charge on any atom is -0.507 e. The van der Waals surface area contributed by atoms with Crippen molar-refractivity contribution in [1.82, 2.24) is 9.97 Å². The van der Waals surface area contributed by atoms with Gasteiger partial charge >= 0.3 is 5.91 Å². The van der Waals surface area contributed by atoms with Gasteiger partial charge in [0, 0.05) is 29.5 Å². The third-order valence-corrected chi connectivity index (χ3v) is 5.31. The molecule has 2 aromatic heterocycles. The molecule has 146 valence electrons. The molecule has 1 amide bonds. The van der Waals surface area contributed by atoms with Gasteiger partial charge in [0.05, 0.1) is 18.7 Å². The minimum absolute atomic E-state index is 0.0795. The van der Waals surface area contributed by atoms with Crippen molar-refractivity contribution in [2.45, 2.75) is 6.04 Å². The number of aromatic hydroxyl groups is 1. The molecule has 0 aliphatic carbocycles. The van der Waals surface area contributed by atoms with Crippen LogP contribution in [-0.4, -0.2) is 39.0 Å². The summed E-state index contributed by atoms with van der Waals surface area (Å²) in [7, 11) is 1.40. The van der Waals surface area contributed by atoms with Crippen molar-refractivity contribution in [3.63, 3.8) is 0 Å². The molecular weight excluding hydrogens is 394 g/mol. The van der Waals surface area contributed by atoms with E-state index in [1.807, 2.05) is 0 Å². The number of anilines is 1. The van der Waals surface area contributed by atoms with Crippen molar-refractivity contribution in [2.24, 2.45) is 0 Å². The van der Waals surface area contributed by atoms with Crippen molar-refractivity contribution in [3.8, 4) is 11.5 Å². The van der Waals surface area contributed by atoms with Gasteiger partial charge < -0.3 is 14.9 Å². The number of hydrogen-bond donors (Lipinski definition) is 2. The SMILES string of the molecule is COc1cc(C2C(=C(O)c3ccncc3)C(=O)C(=O)N2c2nccs2)ccc1O. The summed E-state index contributed by atoms with van der Waals surface area (Å²) in [4.78, 5) is 35.1. The van der Waals surface area contributed by atoms with Gasteiger partial charge in [-0.1, -0.05) is 6.07 Å². The molecule has 0 saturated carbocycles. The van der Waals surface area contributed by atoms with Gasteiger partial charge in [-0.3, -0.25) is 19.5 Å². The Morgan fingerprint density at radius 3 is 2.59 bits per heavy atom. The molecule has 0 radical (unpaired) electrons. The molecule has 9 heteroatoms. The number of ketones is 1. The number of rotatable bonds is 4. The van der Waals surface area contributed by atoms with Gasteiger partial charge in [-0.05, 0) is 29.8 Å². The summed E-state index contributed by atoms with van der Waals surface area (Å²) < 4.78 is 5.17. The smallest absolute Gasteiger partial charge is 0.301 e. The monoisotopic (exact) mass is 409 g/mol. The van der Waals surface area contributed by atoms with Crippen LogP contribution in [0.2, 0.25) is 0 Å². The number of methoxy groups -OCH3 is 1. The number of phenols is 1. The molecule has 29 heavy (non-hydrogen) atoms. The van der Waals surface area contributed by atoms with Crippen LogP contribution in [0, 0.1) is 0 Å². The molecule has 1 atom stereocenters. The molecule has 1 fully saturated rings. The Balaban J connectivity index is 1.96. The highest BCUT2D eigenvalue weighted by Gasteiger charge is 2.48. The lowest BCUT2D eigenvalue weighted by atomic mass is 9.95. The van der Waals surface area contributed by atoms with Crippen LogP contribution < -0.4 is 9.64 Å². The number of amides is 1. The molecule has 1 unspecified atom stereocenters. The van der Waals surface area contributed by atoms with Gasteiger partial charge in [0.1, 0.15) is 5.76 Å². The van der Waals surface area contributed by atoms with Gasteiger partial charge in [0.2, 0.25) is 0 Å². The van der Waals surface area contributed by atoms with E-state index < -0.39 is 17.7 Å². The zero-order valence-corrected chi connectivity index (χ0v) is 16.0. The number of carbonyl (C=O) groups excluding carboxylic acids is 2. The molecule has 4 rings (SSSR count). The second kappa shape index (κ2) is 7.36. The lowest BCUT2D eigenvalue weighted by Crippen LogP contribution is -2.29. The molecule has 1 aliphatic heterocycles. The number of hydrogen-bond acceptors (Lipinski definition) is 8. The highest BCUT2D eigenvalue weighted by molar-refractivity contribution is 7.14. The second-order valence-corrected chi connectivity index (χ2v) is 7.02. The summed E-state index contributed by atoms with van der Waals surface area (Å²) in [5, 5.41) is 22.8. The van der Waals surface area contributed by atoms with E-state index >= 15 is 0 Å². The first kappa shape index (κ1) is 18.6. The Kier molecular flexibility index (Phi) is 4.73. The fraction of sp³-hybridized carbons (Fsp3) is 0.100. The molecule has 1 aromatic carbocycles. The largest absolute Gasteiger partial charge is 0.507 e. The van der Waals surface area contributed by atoms with E-state index in [4.69, 9.17) is 4.74 Å². The van der Waals surface area contributed by atoms with Crippen LogP contribution in [0.1, 0.15) is 17.2 Å². The number of pyridine rings is 1. The molecule has 1 saturated heterocycles. The summed E-state index contributed by atoms with van der Waals surface area (Å²) in [6.07, 6.45) is 4.48. The van der Waals surface area contributed by atoms with Crippen LogP contribution in [-0.2, 0) is 9.59 Å².